The van der Waals surface area contributed by atoms with Crippen LogP contribution in [0.2, 0.25) is 0 Å². The van der Waals surface area contributed by atoms with E-state index < -0.39 is 12.1 Å². The van der Waals surface area contributed by atoms with Crippen LogP contribution in [0.25, 0.3) is 0 Å². The quantitative estimate of drug-likeness (QED) is 0.884. The second-order valence-corrected chi connectivity index (χ2v) is 4.64. The van der Waals surface area contributed by atoms with Crippen LogP contribution in [0.4, 0.5) is 4.79 Å². The number of benzene rings is 1. The molecule has 0 bridgehead atoms. The highest BCUT2D eigenvalue weighted by atomic mass is 16.4. The normalized spacial score (nSPS) is 11.7. The SMILES string of the molecule is CC(C(=O)Nn1cccc1)N(Cc1ccccc1)C(=O)O. The lowest BCUT2D eigenvalue weighted by molar-refractivity contribution is -0.121. The molecule has 0 aliphatic carbocycles. The average Bonchev–Trinajstić information content (AvgIpc) is 2.97. The fourth-order valence-corrected chi connectivity index (χ4v) is 1.92. The standard InChI is InChI=1S/C15H17N3O3/c1-12(14(19)16-17-9-5-6-10-17)18(15(20)21)11-13-7-3-2-4-8-13/h2-10,12H,11H2,1H3,(H,16,19)(H,20,21). The van der Waals surface area contributed by atoms with Crippen LogP contribution in [0.5, 0.6) is 0 Å². The van der Waals surface area contributed by atoms with Crippen LogP contribution in [-0.2, 0) is 11.3 Å². The van der Waals surface area contributed by atoms with Gasteiger partial charge < -0.3 is 5.11 Å². The van der Waals surface area contributed by atoms with E-state index in [0.29, 0.717) is 0 Å². The maximum atomic E-state index is 12.1. The molecule has 1 aromatic heterocycles. The Balaban J connectivity index is 2.06. The van der Waals surface area contributed by atoms with Gasteiger partial charge in [-0.15, -0.1) is 0 Å². The van der Waals surface area contributed by atoms with Crippen molar-refractivity contribution in [2.45, 2.75) is 19.5 Å². The van der Waals surface area contributed by atoms with Crippen LogP contribution in [0.1, 0.15) is 12.5 Å². The molecule has 1 unspecified atom stereocenters. The van der Waals surface area contributed by atoms with Crippen molar-refractivity contribution in [3.05, 3.63) is 60.4 Å². The Kier molecular flexibility index (Phi) is 4.61. The minimum Gasteiger partial charge on any atom is -0.465 e. The lowest BCUT2D eigenvalue weighted by Gasteiger charge is -2.25. The smallest absolute Gasteiger partial charge is 0.408 e. The molecular formula is C15H17N3O3. The first-order valence-corrected chi connectivity index (χ1v) is 6.55. The molecule has 1 aromatic carbocycles. The zero-order valence-electron chi connectivity index (χ0n) is 11.6. The van der Waals surface area contributed by atoms with E-state index in [1.165, 1.54) is 4.68 Å². The van der Waals surface area contributed by atoms with Crippen LogP contribution in [0, 0.1) is 0 Å². The topological polar surface area (TPSA) is 74.6 Å². The molecule has 21 heavy (non-hydrogen) atoms. The van der Waals surface area contributed by atoms with Crippen LogP contribution >= 0.6 is 0 Å². The molecule has 0 fully saturated rings. The Hall–Kier alpha value is -2.76. The highest BCUT2D eigenvalue weighted by molar-refractivity contribution is 5.90. The van der Waals surface area contributed by atoms with E-state index in [9.17, 15) is 14.7 Å². The van der Waals surface area contributed by atoms with E-state index in [1.807, 2.05) is 30.3 Å². The van der Waals surface area contributed by atoms with Gasteiger partial charge in [0.25, 0.3) is 5.91 Å². The second kappa shape index (κ2) is 6.60. The zero-order valence-corrected chi connectivity index (χ0v) is 11.6. The number of carbonyl (C=O) groups is 2. The minimum absolute atomic E-state index is 0.163. The summed E-state index contributed by atoms with van der Waals surface area (Å²) in [6.07, 6.45) is 2.22. The molecule has 2 rings (SSSR count). The fraction of sp³-hybridized carbons (Fsp3) is 0.200. The summed E-state index contributed by atoms with van der Waals surface area (Å²) in [5.41, 5.74) is 3.45. The predicted molar refractivity (Wildman–Crippen MR) is 78.3 cm³/mol. The van der Waals surface area contributed by atoms with E-state index in [0.717, 1.165) is 10.5 Å². The predicted octanol–water partition coefficient (Wildman–Crippen LogP) is 2.13. The van der Waals surface area contributed by atoms with Gasteiger partial charge in [-0.3, -0.25) is 19.8 Å². The van der Waals surface area contributed by atoms with Crippen molar-refractivity contribution in [1.82, 2.24) is 9.58 Å². The Morgan fingerprint density at radius 2 is 1.81 bits per heavy atom. The van der Waals surface area contributed by atoms with E-state index in [-0.39, 0.29) is 12.5 Å². The van der Waals surface area contributed by atoms with Crippen molar-refractivity contribution in [1.29, 1.82) is 0 Å². The number of nitrogens with zero attached hydrogens (tertiary/aromatic N) is 2. The van der Waals surface area contributed by atoms with Gasteiger partial charge >= 0.3 is 6.09 Å². The van der Waals surface area contributed by atoms with Gasteiger partial charge in [0.15, 0.2) is 0 Å². The van der Waals surface area contributed by atoms with Crippen LogP contribution in [0.15, 0.2) is 54.9 Å². The van der Waals surface area contributed by atoms with Crippen molar-refractivity contribution >= 4 is 12.0 Å². The Morgan fingerprint density at radius 3 is 2.38 bits per heavy atom. The molecular weight excluding hydrogens is 270 g/mol. The first-order chi connectivity index (χ1) is 10.1. The Morgan fingerprint density at radius 1 is 1.19 bits per heavy atom. The molecule has 2 N–H and O–H groups in total. The summed E-state index contributed by atoms with van der Waals surface area (Å²) >= 11 is 0. The van der Waals surface area contributed by atoms with E-state index in [4.69, 9.17) is 0 Å². The number of nitrogens with one attached hydrogen (secondary N) is 1. The minimum atomic E-state index is -1.13. The molecule has 0 saturated heterocycles. The molecule has 0 aliphatic rings. The maximum absolute atomic E-state index is 12.1. The summed E-state index contributed by atoms with van der Waals surface area (Å²) < 4.78 is 1.49. The van der Waals surface area contributed by atoms with Gasteiger partial charge in [-0.05, 0) is 24.6 Å². The Bertz CT molecular complexity index is 596. The Labute approximate surface area is 122 Å². The molecule has 0 spiro atoms. The monoisotopic (exact) mass is 287 g/mol. The first-order valence-electron chi connectivity index (χ1n) is 6.55. The van der Waals surface area contributed by atoms with Gasteiger partial charge in [0.2, 0.25) is 0 Å². The van der Waals surface area contributed by atoms with Gasteiger partial charge in [-0.2, -0.15) is 0 Å². The van der Waals surface area contributed by atoms with Crippen molar-refractivity contribution < 1.29 is 14.7 Å². The molecule has 6 nitrogen and oxygen atoms in total. The van der Waals surface area contributed by atoms with Gasteiger partial charge in [-0.1, -0.05) is 30.3 Å². The van der Waals surface area contributed by atoms with Crippen molar-refractivity contribution in [2.24, 2.45) is 0 Å². The molecule has 2 amide bonds. The van der Waals surface area contributed by atoms with Gasteiger partial charge in [0.05, 0.1) is 0 Å². The molecule has 0 saturated carbocycles. The summed E-state index contributed by atoms with van der Waals surface area (Å²) in [5, 5.41) is 9.32. The molecule has 0 radical (unpaired) electrons. The van der Waals surface area contributed by atoms with Gasteiger partial charge in [0.1, 0.15) is 6.04 Å². The third-order valence-corrected chi connectivity index (χ3v) is 3.13. The number of carbonyl (C=O) groups excluding carboxylic acids is 1. The third kappa shape index (κ3) is 3.85. The summed E-state index contributed by atoms with van der Waals surface area (Å²) in [6, 6.07) is 11.9. The number of aromatic nitrogens is 1. The number of hydrogen-bond donors (Lipinski definition) is 2. The number of hydrogen-bond acceptors (Lipinski definition) is 2. The maximum Gasteiger partial charge on any atom is 0.408 e. The van der Waals surface area contributed by atoms with Crippen molar-refractivity contribution in [2.75, 3.05) is 5.43 Å². The van der Waals surface area contributed by atoms with Crippen molar-refractivity contribution in [3.63, 3.8) is 0 Å². The summed E-state index contributed by atoms with van der Waals surface area (Å²) in [5.74, 6) is -0.385. The fourth-order valence-electron chi connectivity index (χ4n) is 1.92. The van der Waals surface area contributed by atoms with Crippen molar-refractivity contribution in [3.8, 4) is 0 Å². The van der Waals surface area contributed by atoms with Crippen LogP contribution in [0.3, 0.4) is 0 Å². The van der Waals surface area contributed by atoms with E-state index in [2.05, 4.69) is 5.43 Å². The number of amides is 2. The average molecular weight is 287 g/mol. The first kappa shape index (κ1) is 14.6. The van der Waals surface area contributed by atoms with Crippen LogP contribution < -0.4 is 5.43 Å². The lowest BCUT2D eigenvalue weighted by atomic mass is 10.2. The second-order valence-electron chi connectivity index (χ2n) is 4.64. The largest absolute Gasteiger partial charge is 0.465 e. The van der Waals surface area contributed by atoms with E-state index in [1.54, 1.807) is 31.5 Å². The van der Waals surface area contributed by atoms with Gasteiger partial charge in [-0.25, -0.2) is 4.79 Å². The summed E-state index contributed by atoms with van der Waals surface area (Å²) in [6.45, 7) is 1.73. The molecule has 0 aliphatic heterocycles. The number of carboxylic acid groups (broad SMARTS) is 1. The highest BCUT2D eigenvalue weighted by Crippen LogP contribution is 2.09. The van der Waals surface area contributed by atoms with Gasteiger partial charge in [0, 0.05) is 18.9 Å². The summed E-state index contributed by atoms with van der Waals surface area (Å²) in [7, 11) is 0. The third-order valence-electron chi connectivity index (χ3n) is 3.13. The summed E-state index contributed by atoms with van der Waals surface area (Å²) in [4.78, 5) is 24.6. The zero-order chi connectivity index (χ0) is 15.2. The molecule has 110 valence electrons. The molecule has 1 atom stereocenters. The van der Waals surface area contributed by atoms with E-state index >= 15 is 0 Å². The molecule has 6 heteroatoms. The lowest BCUT2D eigenvalue weighted by Crippen LogP contribution is -2.46. The number of rotatable bonds is 5. The molecule has 1 heterocycles. The highest BCUT2D eigenvalue weighted by Gasteiger charge is 2.25. The van der Waals surface area contributed by atoms with Crippen LogP contribution in [-0.4, -0.2) is 32.7 Å². The molecule has 2 aromatic rings.